The van der Waals surface area contributed by atoms with Crippen molar-refractivity contribution in [3.8, 4) is 0 Å². The second kappa shape index (κ2) is 8.03. The molecule has 21 heavy (non-hydrogen) atoms. The number of hydrogen-bond donors (Lipinski definition) is 2. The summed E-state index contributed by atoms with van der Waals surface area (Å²) in [5.41, 5.74) is 1.69. The van der Waals surface area contributed by atoms with Gasteiger partial charge in [-0.25, -0.2) is 0 Å². The molecule has 0 aliphatic carbocycles. The molecule has 0 saturated heterocycles. The lowest BCUT2D eigenvalue weighted by Crippen LogP contribution is -2.29. The second-order valence-electron chi connectivity index (χ2n) is 4.56. The highest BCUT2D eigenvalue weighted by molar-refractivity contribution is 6.39. The van der Waals surface area contributed by atoms with Gasteiger partial charge in [-0.1, -0.05) is 59.6 Å². The van der Waals surface area contributed by atoms with Crippen LogP contribution in [0.3, 0.4) is 0 Å². The highest BCUT2D eigenvalue weighted by Gasteiger charge is 2.08. The summed E-state index contributed by atoms with van der Waals surface area (Å²) in [4.78, 5) is 11.8. The molecular formula is C16H16Cl2N2O. The first kappa shape index (κ1) is 15.8. The molecule has 0 aliphatic rings. The Morgan fingerprint density at radius 2 is 1.62 bits per heavy atom. The van der Waals surface area contributed by atoms with Gasteiger partial charge in [0.2, 0.25) is 5.91 Å². The van der Waals surface area contributed by atoms with Crippen molar-refractivity contribution in [2.75, 3.05) is 18.4 Å². The second-order valence-corrected chi connectivity index (χ2v) is 5.37. The van der Waals surface area contributed by atoms with Gasteiger partial charge in [0, 0.05) is 0 Å². The molecule has 110 valence electrons. The van der Waals surface area contributed by atoms with E-state index < -0.39 is 0 Å². The van der Waals surface area contributed by atoms with Crippen molar-refractivity contribution in [3.63, 3.8) is 0 Å². The van der Waals surface area contributed by atoms with Crippen LogP contribution in [0.4, 0.5) is 5.69 Å². The number of carbonyl (C=O) groups excluding carboxylic acids is 1. The van der Waals surface area contributed by atoms with Crippen molar-refractivity contribution in [1.29, 1.82) is 0 Å². The summed E-state index contributed by atoms with van der Waals surface area (Å²) in [7, 11) is 0. The summed E-state index contributed by atoms with van der Waals surface area (Å²) in [5, 5.41) is 6.67. The summed E-state index contributed by atoms with van der Waals surface area (Å²) in [6, 6.07) is 15.2. The maximum absolute atomic E-state index is 11.8. The lowest BCUT2D eigenvalue weighted by molar-refractivity contribution is -0.115. The Hall–Kier alpha value is -1.55. The minimum absolute atomic E-state index is 0.168. The highest BCUT2D eigenvalue weighted by Crippen LogP contribution is 2.29. The minimum atomic E-state index is -0.168. The van der Waals surface area contributed by atoms with Crippen molar-refractivity contribution in [2.24, 2.45) is 0 Å². The van der Waals surface area contributed by atoms with Crippen molar-refractivity contribution in [2.45, 2.75) is 6.42 Å². The van der Waals surface area contributed by atoms with E-state index in [2.05, 4.69) is 22.8 Å². The fourth-order valence-corrected chi connectivity index (χ4v) is 2.37. The molecule has 2 aromatic rings. The number of halogens is 2. The molecule has 0 unspecified atom stereocenters. The van der Waals surface area contributed by atoms with E-state index in [0.29, 0.717) is 15.7 Å². The van der Waals surface area contributed by atoms with E-state index in [4.69, 9.17) is 23.2 Å². The fraction of sp³-hybridized carbons (Fsp3) is 0.188. The normalized spacial score (nSPS) is 10.4. The lowest BCUT2D eigenvalue weighted by Gasteiger charge is -2.09. The molecule has 0 aromatic heterocycles. The van der Waals surface area contributed by atoms with Crippen LogP contribution in [0.2, 0.25) is 10.0 Å². The summed E-state index contributed by atoms with van der Waals surface area (Å²) >= 11 is 12.0. The van der Waals surface area contributed by atoms with Crippen LogP contribution in [0.25, 0.3) is 0 Å². The largest absolute Gasteiger partial charge is 0.322 e. The summed E-state index contributed by atoms with van der Waals surface area (Å²) in [6.45, 7) is 0.947. The van der Waals surface area contributed by atoms with E-state index in [0.717, 1.165) is 13.0 Å². The third-order valence-electron chi connectivity index (χ3n) is 2.95. The average molecular weight is 323 g/mol. The van der Waals surface area contributed by atoms with Gasteiger partial charge in [0.1, 0.15) is 0 Å². The van der Waals surface area contributed by atoms with E-state index in [-0.39, 0.29) is 12.5 Å². The first-order valence-electron chi connectivity index (χ1n) is 6.65. The molecule has 0 fully saturated rings. The zero-order valence-electron chi connectivity index (χ0n) is 11.4. The van der Waals surface area contributed by atoms with Gasteiger partial charge in [-0.05, 0) is 30.7 Å². The molecule has 5 heteroatoms. The number of hydrogen-bond acceptors (Lipinski definition) is 2. The molecule has 0 heterocycles. The number of para-hydroxylation sites is 1. The van der Waals surface area contributed by atoms with Gasteiger partial charge in [-0.2, -0.15) is 0 Å². The standard InChI is InChI=1S/C16H16Cl2N2O/c17-13-7-4-8-14(18)16(13)20-15(21)11-19-10-9-12-5-2-1-3-6-12/h1-8,19H,9-11H2,(H,20,21). The van der Waals surface area contributed by atoms with Crippen LogP contribution in [0.15, 0.2) is 48.5 Å². The molecule has 0 spiro atoms. The van der Waals surface area contributed by atoms with Gasteiger partial charge in [0.15, 0.2) is 0 Å². The lowest BCUT2D eigenvalue weighted by atomic mass is 10.1. The van der Waals surface area contributed by atoms with Gasteiger partial charge in [-0.15, -0.1) is 0 Å². The predicted molar refractivity (Wildman–Crippen MR) is 88.1 cm³/mol. The van der Waals surface area contributed by atoms with E-state index in [1.165, 1.54) is 5.56 Å². The topological polar surface area (TPSA) is 41.1 Å². The molecule has 0 bridgehead atoms. The Balaban J connectivity index is 1.75. The average Bonchev–Trinajstić information content (AvgIpc) is 2.49. The zero-order valence-corrected chi connectivity index (χ0v) is 12.9. The van der Waals surface area contributed by atoms with E-state index >= 15 is 0 Å². The quantitative estimate of drug-likeness (QED) is 0.795. The third kappa shape index (κ3) is 5.05. The van der Waals surface area contributed by atoms with Crippen LogP contribution in [0, 0.1) is 0 Å². The Kier molecular flexibility index (Phi) is 6.05. The molecular weight excluding hydrogens is 307 g/mol. The number of anilines is 1. The first-order valence-corrected chi connectivity index (χ1v) is 7.41. The molecule has 3 nitrogen and oxygen atoms in total. The van der Waals surface area contributed by atoms with E-state index in [1.54, 1.807) is 18.2 Å². The molecule has 2 N–H and O–H groups in total. The smallest absolute Gasteiger partial charge is 0.238 e. The van der Waals surface area contributed by atoms with E-state index in [1.807, 2.05) is 18.2 Å². The van der Waals surface area contributed by atoms with Gasteiger partial charge >= 0.3 is 0 Å². The number of nitrogens with one attached hydrogen (secondary N) is 2. The number of carbonyl (C=O) groups is 1. The van der Waals surface area contributed by atoms with Crippen molar-refractivity contribution < 1.29 is 4.79 Å². The Labute approximate surface area is 134 Å². The van der Waals surface area contributed by atoms with Crippen LogP contribution < -0.4 is 10.6 Å². The van der Waals surface area contributed by atoms with Crippen molar-refractivity contribution >= 4 is 34.8 Å². The van der Waals surface area contributed by atoms with Gasteiger partial charge in [0.05, 0.1) is 22.3 Å². The summed E-state index contributed by atoms with van der Waals surface area (Å²) in [6.07, 6.45) is 0.876. The number of benzene rings is 2. The maximum atomic E-state index is 11.8. The predicted octanol–water partition coefficient (Wildman–Crippen LogP) is 3.76. The summed E-state index contributed by atoms with van der Waals surface area (Å²) in [5.74, 6) is -0.168. The Morgan fingerprint density at radius 1 is 0.952 bits per heavy atom. The molecule has 0 aliphatic heterocycles. The maximum Gasteiger partial charge on any atom is 0.238 e. The highest BCUT2D eigenvalue weighted by atomic mass is 35.5. The number of rotatable bonds is 6. The molecule has 0 atom stereocenters. The molecule has 0 radical (unpaired) electrons. The zero-order chi connectivity index (χ0) is 15.1. The Bertz CT molecular complexity index is 582. The monoisotopic (exact) mass is 322 g/mol. The van der Waals surface area contributed by atoms with Crippen molar-refractivity contribution in [1.82, 2.24) is 5.32 Å². The van der Waals surface area contributed by atoms with E-state index in [9.17, 15) is 4.79 Å². The van der Waals surface area contributed by atoms with Gasteiger partial charge < -0.3 is 10.6 Å². The molecule has 1 amide bonds. The summed E-state index contributed by atoms with van der Waals surface area (Å²) < 4.78 is 0. The fourth-order valence-electron chi connectivity index (χ4n) is 1.88. The molecule has 0 saturated carbocycles. The number of amides is 1. The van der Waals surface area contributed by atoms with Crippen LogP contribution in [-0.2, 0) is 11.2 Å². The van der Waals surface area contributed by atoms with Crippen LogP contribution in [-0.4, -0.2) is 19.0 Å². The molecule has 2 aromatic carbocycles. The van der Waals surface area contributed by atoms with Gasteiger partial charge in [0.25, 0.3) is 0 Å². The Morgan fingerprint density at radius 3 is 2.29 bits per heavy atom. The molecule has 2 rings (SSSR count). The van der Waals surface area contributed by atoms with Crippen LogP contribution in [0.5, 0.6) is 0 Å². The third-order valence-corrected chi connectivity index (χ3v) is 3.58. The van der Waals surface area contributed by atoms with Crippen LogP contribution >= 0.6 is 23.2 Å². The SMILES string of the molecule is O=C(CNCCc1ccccc1)Nc1c(Cl)cccc1Cl. The minimum Gasteiger partial charge on any atom is -0.322 e. The van der Waals surface area contributed by atoms with Crippen LogP contribution in [0.1, 0.15) is 5.56 Å². The first-order chi connectivity index (χ1) is 10.2. The van der Waals surface area contributed by atoms with Crippen molar-refractivity contribution in [3.05, 3.63) is 64.1 Å². The van der Waals surface area contributed by atoms with Gasteiger partial charge in [-0.3, -0.25) is 4.79 Å².